The molecule has 1 aliphatic rings. The Balaban J connectivity index is 1.91. The Kier molecular flexibility index (Phi) is 5.00. The van der Waals surface area contributed by atoms with Gasteiger partial charge in [-0.1, -0.05) is 52.2 Å². The summed E-state index contributed by atoms with van der Waals surface area (Å²) in [6.45, 7) is 8.68. The zero-order valence-corrected chi connectivity index (χ0v) is 18.0. The van der Waals surface area contributed by atoms with Gasteiger partial charge in [0.15, 0.2) is 10.6 Å². The van der Waals surface area contributed by atoms with E-state index in [-0.39, 0.29) is 5.41 Å². The van der Waals surface area contributed by atoms with Crippen molar-refractivity contribution in [2.24, 2.45) is 0 Å². The molecule has 0 radical (unpaired) electrons. The van der Waals surface area contributed by atoms with Crippen LogP contribution in [-0.4, -0.2) is 24.5 Å². The van der Waals surface area contributed by atoms with E-state index in [9.17, 15) is 0 Å². The molecular weight excluding hydrogens is 366 g/mol. The molecule has 0 unspecified atom stereocenters. The van der Waals surface area contributed by atoms with Crippen molar-refractivity contribution in [2.45, 2.75) is 71.3 Å². The number of hydrogen-bond donors (Lipinski definition) is 1. The van der Waals surface area contributed by atoms with E-state index < -0.39 is 0 Å². The number of rotatable bonds is 3. The summed E-state index contributed by atoms with van der Waals surface area (Å²) in [7, 11) is 0. The fourth-order valence-corrected chi connectivity index (χ4v) is 4.31. The first-order valence-electron chi connectivity index (χ1n) is 10.2. The van der Waals surface area contributed by atoms with E-state index in [1.807, 2.05) is 4.68 Å². The maximum absolute atomic E-state index is 5.63. The van der Waals surface area contributed by atoms with Crippen LogP contribution < -0.4 is 0 Å². The Morgan fingerprint density at radius 3 is 2.54 bits per heavy atom. The van der Waals surface area contributed by atoms with Gasteiger partial charge in [-0.2, -0.15) is 10.2 Å². The third-order valence-corrected chi connectivity index (χ3v) is 5.89. The molecule has 3 aromatic rings. The van der Waals surface area contributed by atoms with Crippen molar-refractivity contribution in [1.82, 2.24) is 24.5 Å². The smallest absolute Gasteiger partial charge is 0.195 e. The first-order valence-corrected chi connectivity index (χ1v) is 10.6. The summed E-state index contributed by atoms with van der Waals surface area (Å²) in [5, 5.41) is 12.7. The van der Waals surface area contributed by atoms with Crippen LogP contribution in [0.3, 0.4) is 0 Å². The molecule has 0 bridgehead atoms. The molecule has 5 nitrogen and oxygen atoms in total. The van der Waals surface area contributed by atoms with E-state index in [2.05, 4.69) is 72.8 Å². The number of aromatic amines is 1. The van der Waals surface area contributed by atoms with Crippen molar-refractivity contribution < 1.29 is 0 Å². The number of hydrogen-bond acceptors (Lipinski definition) is 3. The monoisotopic (exact) mass is 395 g/mol. The quantitative estimate of drug-likeness (QED) is 0.561. The SMILES string of the molecule is Cc1cccc(-n2nc(C(C)(C)C)cc2-c2n[nH]c(=S)n2C2CCCCC2)c1. The molecule has 6 heteroatoms. The normalized spacial score (nSPS) is 15.9. The zero-order valence-electron chi connectivity index (χ0n) is 17.2. The summed E-state index contributed by atoms with van der Waals surface area (Å²) in [4.78, 5) is 0. The maximum Gasteiger partial charge on any atom is 0.195 e. The van der Waals surface area contributed by atoms with Gasteiger partial charge in [0.25, 0.3) is 0 Å². The second-order valence-electron chi connectivity index (χ2n) is 8.93. The van der Waals surface area contributed by atoms with Crippen molar-refractivity contribution in [2.75, 3.05) is 0 Å². The standard InChI is InChI=1S/C22H29N5S/c1-15-9-8-12-17(13-15)27-18(14-19(25-27)22(2,3)4)20-23-24-21(28)26(20)16-10-6-5-7-11-16/h8-9,12-14,16H,5-7,10-11H2,1-4H3,(H,24,28). The Morgan fingerprint density at radius 1 is 1.11 bits per heavy atom. The zero-order chi connectivity index (χ0) is 19.9. The minimum atomic E-state index is -0.0490. The van der Waals surface area contributed by atoms with Crippen LogP contribution in [0, 0.1) is 11.7 Å². The molecule has 0 spiro atoms. The topological polar surface area (TPSA) is 51.4 Å². The first-order chi connectivity index (χ1) is 13.3. The molecule has 1 fully saturated rings. The molecule has 4 rings (SSSR count). The lowest BCUT2D eigenvalue weighted by molar-refractivity contribution is 0.352. The summed E-state index contributed by atoms with van der Waals surface area (Å²) in [5.41, 5.74) is 4.26. The van der Waals surface area contributed by atoms with Crippen LogP contribution in [0.1, 0.15) is 70.2 Å². The molecule has 1 aliphatic carbocycles. The Hall–Kier alpha value is -2.21. The summed E-state index contributed by atoms with van der Waals surface area (Å²) >= 11 is 5.63. The van der Waals surface area contributed by atoms with Gasteiger partial charge in [0, 0.05) is 11.5 Å². The highest BCUT2D eigenvalue weighted by molar-refractivity contribution is 7.71. The average Bonchev–Trinajstić information content (AvgIpc) is 3.26. The highest BCUT2D eigenvalue weighted by Gasteiger charge is 2.26. The Morgan fingerprint density at radius 2 is 1.86 bits per heavy atom. The van der Waals surface area contributed by atoms with E-state index in [1.54, 1.807) is 0 Å². The summed E-state index contributed by atoms with van der Waals surface area (Å²) < 4.78 is 4.96. The first kappa shape index (κ1) is 19.1. The lowest BCUT2D eigenvalue weighted by atomic mass is 9.92. The number of nitrogens with one attached hydrogen (secondary N) is 1. The van der Waals surface area contributed by atoms with Crippen molar-refractivity contribution >= 4 is 12.2 Å². The molecule has 1 N–H and O–H groups in total. The Bertz CT molecular complexity index is 1030. The van der Waals surface area contributed by atoms with Crippen LogP contribution in [0.4, 0.5) is 0 Å². The highest BCUT2D eigenvalue weighted by atomic mass is 32.1. The van der Waals surface area contributed by atoms with Gasteiger partial charge in [-0.05, 0) is 55.7 Å². The van der Waals surface area contributed by atoms with Gasteiger partial charge in [0.1, 0.15) is 5.69 Å². The van der Waals surface area contributed by atoms with Crippen molar-refractivity contribution in [3.8, 4) is 17.2 Å². The van der Waals surface area contributed by atoms with Gasteiger partial charge >= 0.3 is 0 Å². The third-order valence-electron chi connectivity index (χ3n) is 5.60. The van der Waals surface area contributed by atoms with E-state index in [1.165, 1.54) is 24.8 Å². The minimum Gasteiger partial charge on any atom is -0.296 e. The highest BCUT2D eigenvalue weighted by Crippen LogP contribution is 2.34. The lowest BCUT2D eigenvalue weighted by Gasteiger charge is -2.24. The van der Waals surface area contributed by atoms with Crippen molar-refractivity contribution in [3.05, 3.63) is 46.4 Å². The number of nitrogens with zero attached hydrogens (tertiary/aromatic N) is 4. The van der Waals surface area contributed by atoms with Crippen LogP contribution in [0.5, 0.6) is 0 Å². The van der Waals surface area contributed by atoms with Gasteiger partial charge < -0.3 is 0 Å². The predicted octanol–water partition coefficient (Wildman–Crippen LogP) is 5.90. The summed E-state index contributed by atoms with van der Waals surface area (Å²) in [5.74, 6) is 0.890. The minimum absolute atomic E-state index is 0.0490. The fraction of sp³-hybridized carbons (Fsp3) is 0.500. The number of benzene rings is 1. The van der Waals surface area contributed by atoms with E-state index in [4.69, 9.17) is 17.3 Å². The van der Waals surface area contributed by atoms with Gasteiger partial charge in [0.05, 0.1) is 11.4 Å². The van der Waals surface area contributed by atoms with Crippen LogP contribution >= 0.6 is 12.2 Å². The molecule has 2 aromatic heterocycles. The molecule has 0 amide bonds. The molecular formula is C22H29N5S. The predicted molar refractivity (Wildman–Crippen MR) is 116 cm³/mol. The van der Waals surface area contributed by atoms with Gasteiger partial charge in [0.2, 0.25) is 0 Å². The number of aryl methyl sites for hydroxylation is 1. The van der Waals surface area contributed by atoms with Crippen molar-refractivity contribution in [3.63, 3.8) is 0 Å². The number of aromatic nitrogens is 5. The molecule has 28 heavy (non-hydrogen) atoms. The molecule has 148 valence electrons. The molecule has 0 atom stereocenters. The van der Waals surface area contributed by atoms with Crippen molar-refractivity contribution in [1.29, 1.82) is 0 Å². The van der Waals surface area contributed by atoms with Crippen LogP contribution in [0.25, 0.3) is 17.2 Å². The van der Waals surface area contributed by atoms with E-state index in [0.717, 1.165) is 35.7 Å². The average molecular weight is 396 g/mol. The third kappa shape index (κ3) is 3.58. The second-order valence-corrected chi connectivity index (χ2v) is 9.32. The van der Waals surface area contributed by atoms with Gasteiger partial charge in [-0.15, -0.1) is 0 Å². The van der Waals surface area contributed by atoms with E-state index >= 15 is 0 Å². The number of H-pyrrole nitrogens is 1. The largest absolute Gasteiger partial charge is 0.296 e. The van der Waals surface area contributed by atoms with Gasteiger partial charge in [-0.25, -0.2) is 4.68 Å². The van der Waals surface area contributed by atoms with Crippen LogP contribution in [0.2, 0.25) is 0 Å². The molecule has 0 aliphatic heterocycles. The maximum atomic E-state index is 5.63. The summed E-state index contributed by atoms with van der Waals surface area (Å²) in [6.07, 6.45) is 6.13. The Labute approximate surface area is 171 Å². The van der Waals surface area contributed by atoms with Gasteiger partial charge in [-0.3, -0.25) is 9.67 Å². The molecule has 1 aromatic carbocycles. The molecule has 1 saturated carbocycles. The fourth-order valence-electron chi connectivity index (χ4n) is 4.03. The lowest BCUT2D eigenvalue weighted by Crippen LogP contribution is -2.15. The van der Waals surface area contributed by atoms with E-state index in [0.29, 0.717) is 10.8 Å². The van der Waals surface area contributed by atoms with Crippen LogP contribution in [-0.2, 0) is 5.41 Å². The second kappa shape index (κ2) is 7.32. The molecule has 0 saturated heterocycles. The van der Waals surface area contributed by atoms with Crippen LogP contribution in [0.15, 0.2) is 30.3 Å². The molecule has 2 heterocycles. The summed E-state index contributed by atoms with van der Waals surface area (Å²) in [6, 6.07) is 11.0.